The van der Waals surface area contributed by atoms with Gasteiger partial charge in [0, 0.05) is 28.7 Å². The lowest BCUT2D eigenvalue weighted by atomic mass is 9.95. The fraction of sp³-hybridized carbons (Fsp3) is 0.400. The molecule has 2 aromatic carbocycles. The number of rotatable bonds is 6. The van der Waals surface area contributed by atoms with Crippen LogP contribution in [0.3, 0.4) is 0 Å². The van der Waals surface area contributed by atoms with Crippen molar-refractivity contribution in [3.8, 4) is 17.2 Å². The van der Waals surface area contributed by atoms with E-state index in [9.17, 15) is 13.9 Å². The van der Waals surface area contributed by atoms with E-state index in [4.69, 9.17) is 27.9 Å². The maximum Gasteiger partial charge on any atom is 0.164 e. The van der Waals surface area contributed by atoms with Gasteiger partial charge in [-0.2, -0.15) is 0 Å². The first-order chi connectivity index (χ1) is 13.9. The molecule has 2 aliphatic rings. The number of hydrogen-bond acceptors (Lipinski definition) is 4. The predicted molar refractivity (Wildman–Crippen MR) is 118 cm³/mol. The van der Waals surface area contributed by atoms with E-state index in [0.29, 0.717) is 33.0 Å². The number of halogens is 3. The van der Waals surface area contributed by atoms with Gasteiger partial charge in [0.05, 0.1) is 15.7 Å². The van der Waals surface area contributed by atoms with Crippen LogP contribution in [0.4, 0.5) is 5.69 Å². The van der Waals surface area contributed by atoms with Crippen LogP contribution in [-0.2, 0) is 16.6 Å². The Kier molecular flexibility index (Phi) is 6.33. The number of aromatic hydroxyl groups is 1. The summed E-state index contributed by atoms with van der Waals surface area (Å²) in [6.45, 7) is 0. The zero-order chi connectivity index (χ0) is 20.7. The van der Waals surface area contributed by atoms with Gasteiger partial charge in [0.25, 0.3) is 0 Å². The van der Waals surface area contributed by atoms with Crippen LogP contribution in [-0.4, -0.2) is 19.9 Å². The number of fused-ring (bicyclic) bond motifs is 2. The van der Waals surface area contributed by atoms with E-state index in [0.717, 1.165) is 31.2 Å². The van der Waals surface area contributed by atoms with Crippen molar-refractivity contribution in [1.29, 1.82) is 0 Å². The van der Waals surface area contributed by atoms with E-state index in [-0.39, 0.29) is 23.2 Å². The van der Waals surface area contributed by atoms with E-state index in [2.05, 4.69) is 15.9 Å². The smallest absolute Gasteiger partial charge is 0.164 e. The molecule has 0 amide bonds. The highest BCUT2D eigenvalue weighted by Gasteiger charge is 2.43. The van der Waals surface area contributed by atoms with Crippen molar-refractivity contribution in [2.45, 2.75) is 37.1 Å². The summed E-state index contributed by atoms with van der Waals surface area (Å²) < 4.78 is 31.3. The third-order valence-corrected chi connectivity index (χ3v) is 7.78. The number of alkyl halides is 1. The maximum atomic E-state index is 12.1. The summed E-state index contributed by atoms with van der Waals surface area (Å²) in [6, 6.07) is 7.84. The minimum absolute atomic E-state index is 0.115. The molecule has 0 spiro atoms. The fourth-order valence-electron chi connectivity index (χ4n) is 4.52. The third-order valence-electron chi connectivity index (χ3n) is 5.78. The first-order valence-corrected chi connectivity index (χ1v) is 12.2. The zero-order valence-electron chi connectivity index (χ0n) is 15.3. The second-order valence-corrected chi connectivity index (χ2v) is 9.76. The van der Waals surface area contributed by atoms with Crippen molar-refractivity contribution in [3.63, 3.8) is 0 Å². The molecule has 4 rings (SSSR count). The molecule has 29 heavy (non-hydrogen) atoms. The SMILES string of the molecule is O=S([O-])N(c1cc(Oc2c(Cl)cc(CBr)cc2Cl)ccc1O)C1CC2CCC1C2. The van der Waals surface area contributed by atoms with Crippen LogP contribution in [0.2, 0.25) is 10.0 Å². The van der Waals surface area contributed by atoms with Crippen molar-refractivity contribution in [3.05, 3.63) is 45.9 Å². The average molecular weight is 520 g/mol. The number of benzene rings is 2. The Morgan fingerprint density at radius 1 is 1.21 bits per heavy atom. The molecule has 1 N–H and O–H groups in total. The number of anilines is 1. The van der Waals surface area contributed by atoms with Gasteiger partial charge in [0.1, 0.15) is 11.5 Å². The lowest BCUT2D eigenvalue weighted by molar-refractivity contribution is 0.405. The van der Waals surface area contributed by atoms with E-state index < -0.39 is 11.3 Å². The Morgan fingerprint density at radius 3 is 2.48 bits per heavy atom. The fourth-order valence-corrected chi connectivity index (χ4v) is 6.24. The highest BCUT2D eigenvalue weighted by atomic mass is 79.9. The maximum absolute atomic E-state index is 12.1. The molecule has 156 valence electrons. The van der Waals surface area contributed by atoms with Gasteiger partial charge in [-0.15, -0.1) is 0 Å². The number of phenolic OH excluding ortho intramolecular Hbond substituents is 1. The van der Waals surface area contributed by atoms with E-state index in [1.807, 2.05) is 0 Å². The van der Waals surface area contributed by atoms with Gasteiger partial charge < -0.3 is 14.4 Å². The van der Waals surface area contributed by atoms with Gasteiger partial charge >= 0.3 is 0 Å². The normalized spacial score (nSPS) is 23.9. The summed E-state index contributed by atoms with van der Waals surface area (Å²) in [4.78, 5) is 0. The predicted octanol–water partition coefficient (Wildman–Crippen LogP) is 6.18. The Balaban J connectivity index is 1.66. The highest BCUT2D eigenvalue weighted by Crippen LogP contribution is 2.49. The molecule has 4 atom stereocenters. The second-order valence-electron chi connectivity index (χ2n) is 7.56. The molecule has 4 unspecified atom stereocenters. The first-order valence-electron chi connectivity index (χ1n) is 9.30. The second kappa shape index (κ2) is 8.63. The van der Waals surface area contributed by atoms with E-state index in [1.54, 1.807) is 18.2 Å². The number of phenols is 1. The largest absolute Gasteiger partial charge is 0.755 e. The standard InChI is InChI=1S/C20H20BrCl2NO4S/c21-10-12-6-15(22)20(16(23)7-12)28-14-3-4-19(25)18(9-14)24(29(26)27)17-8-11-1-2-13(17)5-11/h3-4,6-7,9,11,13,17,25H,1-2,5,8,10H2,(H,26,27)/p-1. The quantitative estimate of drug-likeness (QED) is 0.365. The molecule has 2 bridgehead atoms. The molecule has 0 radical (unpaired) electrons. The molecular formula is C20H19BrCl2NO4S-. The summed E-state index contributed by atoms with van der Waals surface area (Å²) in [5.74, 6) is 1.39. The monoisotopic (exact) mass is 518 g/mol. The Labute approximate surface area is 190 Å². The first kappa shape index (κ1) is 21.2. The Morgan fingerprint density at radius 2 is 1.93 bits per heavy atom. The summed E-state index contributed by atoms with van der Waals surface area (Å²) in [5, 5.41) is 11.7. The summed E-state index contributed by atoms with van der Waals surface area (Å²) in [6.07, 6.45) is 4.03. The Bertz CT molecular complexity index is 937. The van der Waals surface area contributed by atoms with Gasteiger partial charge in [-0.3, -0.25) is 8.51 Å². The highest BCUT2D eigenvalue weighted by molar-refractivity contribution is 9.08. The molecule has 9 heteroatoms. The van der Waals surface area contributed by atoms with Crippen LogP contribution in [0, 0.1) is 11.8 Å². The topological polar surface area (TPSA) is 72.8 Å². The summed E-state index contributed by atoms with van der Waals surface area (Å²) in [7, 11) is 0. The molecule has 2 aromatic rings. The molecular weight excluding hydrogens is 501 g/mol. The summed E-state index contributed by atoms with van der Waals surface area (Å²) in [5.41, 5.74) is 1.11. The van der Waals surface area contributed by atoms with Crippen LogP contribution in [0.15, 0.2) is 30.3 Å². The van der Waals surface area contributed by atoms with Crippen LogP contribution in [0.1, 0.15) is 31.2 Å². The Hall–Kier alpha value is -0.990. The lowest BCUT2D eigenvalue weighted by Gasteiger charge is -2.37. The number of hydrogen-bond donors (Lipinski definition) is 1. The minimum atomic E-state index is -2.51. The van der Waals surface area contributed by atoms with Crippen LogP contribution < -0.4 is 9.04 Å². The number of ether oxygens (including phenoxy) is 1. The van der Waals surface area contributed by atoms with Crippen molar-refractivity contribution >= 4 is 56.1 Å². The summed E-state index contributed by atoms with van der Waals surface area (Å²) >= 11 is 13.5. The average Bonchev–Trinajstić information content (AvgIpc) is 3.30. The molecule has 5 nitrogen and oxygen atoms in total. The molecule has 0 aliphatic heterocycles. The number of nitrogens with zero attached hydrogens (tertiary/aromatic N) is 1. The van der Waals surface area contributed by atoms with Crippen molar-refractivity contribution in [1.82, 2.24) is 0 Å². The molecule has 2 saturated carbocycles. The molecule has 2 fully saturated rings. The van der Waals surface area contributed by atoms with Gasteiger partial charge in [-0.25, -0.2) is 0 Å². The van der Waals surface area contributed by atoms with E-state index in [1.165, 1.54) is 16.4 Å². The molecule has 0 saturated heterocycles. The lowest BCUT2D eigenvalue weighted by Crippen LogP contribution is -2.40. The zero-order valence-corrected chi connectivity index (χ0v) is 19.2. The minimum Gasteiger partial charge on any atom is -0.755 e. The van der Waals surface area contributed by atoms with Gasteiger partial charge in [-0.05, 0) is 60.9 Å². The van der Waals surface area contributed by atoms with Crippen molar-refractivity contribution in [2.24, 2.45) is 11.8 Å². The van der Waals surface area contributed by atoms with Crippen molar-refractivity contribution in [2.75, 3.05) is 4.31 Å². The van der Waals surface area contributed by atoms with Gasteiger partial charge in [0.2, 0.25) is 0 Å². The van der Waals surface area contributed by atoms with Gasteiger partial charge in [0.15, 0.2) is 5.75 Å². The van der Waals surface area contributed by atoms with Gasteiger partial charge in [-0.1, -0.05) is 45.6 Å². The molecule has 2 aliphatic carbocycles. The van der Waals surface area contributed by atoms with E-state index >= 15 is 0 Å². The van der Waals surface area contributed by atoms with Crippen LogP contribution in [0.5, 0.6) is 17.2 Å². The molecule has 0 heterocycles. The van der Waals surface area contributed by atoms with Crippen LogP contribution >= 0.6 is 39.1 Å². The third kappa shape index (κ3) is 4.26. The van der Waals surface area contributed by atoms with Crippen LogP contribution in [0.25, 0.3) is 0 Å². The van der Waals surface area contributed by atoms with Crippen molar-refractivity contribution < 1.29 is 18.6 Å². The molecule has 0 aromatic heterocycles.